The van der Waals surface area contributed by atoms with Gasteiger partial charge in [-0.05, 0) is 47.7 Å². The van der Waals surface area contributed by atoms with Gasteiger partial charge in [-0.15, -0.1) is 22.7 Å². The largest absolute Gasteiger partial charge is 0.325 e. The maximum Gasteiger partial charge on any atom is 0.325 e. The van der Waals surface area contributed by atoms with Gasteiger partial charge in [0.1, 0.15) is 0 Å². The molecule has 0 amide bonds. The highest BCUT2D eigenvalue weighted by molar-refractivity contribution is 7.51. The molecule has 2 rings (SSSR count). The summed E-state index contributed by atoms with van der Waals surface area (Å²) in [5.74, 6) is 0. The summed E-state index contributed by atoms with van der Waals surface area (Å²) in [5.41, 5.74) is 1.40. The van der Waals surface area contributed by atoms with Crippen LogP contribution in [-0.4, -0.2) is 15.9 Å². The second kappa shape index (κ2) is 7.53. The molecule has 0 aliphatic rings. The van der Waals surface area contributed by atoms with Crippen molar-refractivity contribution in [1.82, 2.24) is 0 Å². The number of aryl methyl sites for hydroxylation is 1. The Kier molecular flexibility index (Phi) is 6.00. The lowest BCUT2D eigenvalue weighted by atomic mass is 10.1. The molecule has 2 heterocycles. The molecule has 2 aromatic rings. The van der Waals surface area contributed by atoms with Crippen molar-refractivity contribution in [2.75, 3.05) is 6.16 Å². The third-order valence-electron chi connectivity index (χ3n) is 3.14. The monoisotopic (exact) mass is 330 g/mol. The molecule has 0 aliphatic carbocycles. The zero-order chi connectivity index (χ0) is 14.4. The maximum atomic E-state index is 10.7. The van der Waals surface area contributed by atoms with Gasteiger partial charge in [0.05, 0.1) is 0 Å². The summed E-state index contributed by atoms with van der Waals surface area (Å²) < 4.78 is 10.7. The van der Waals surface area contributed by atoms with Crippen LogP contribution < -0.4 is 0 Å². The van der Waals surface area contributed by atoms with E-state index in [-0.39, 0.29) is 6.16 Å². The van der Waals surface area contributed by atoms with Crippen LogP contribution in [0, 0.1) is 0 Å². The van der Waals surface area contributed by atoms with Crippen LogP contribution in [0.4, 0.5) is 0 Å². The Bertz CT molecular complexity index is 557. The second-order valence-corrected chi connectivity index (χ2v) is 8.45. The Morgan fingerprint density at radius 1 is 1.00 bits per heavy atom. The number of thiophene rings is 2. The molecule has 0 fully saturated rings. The molecule has 2 aromatic heterocycles. The first-order chi connectivity index (χ1) is 9.56. The molecule has 110 valence electrons. The number of hydrogen-bond acceptors (Lipinski definition) is 3. The lowest BCUT2D eigenvalue weighted by molar-refractivity contribution is 0.370. The minimum absolute atomic E-state index is 0.0197. The topological polar surface area (TPSA) is 57.5 Å². The van der Waals surface area contributed by atoms with Crippen LogP contribution in [0.2, 0.25) is 0 Å². The van der Waals surface area contributed by atoms with E-state index in [0.717, 1.165) is 25.7 Å². The molecular weight excluding hydrogens is 311 g/mol. The normalized spacial score (nSPS) is 11.9. The van der Waals surface area contributed by atoms with Crippen LogP contribution in [0.25, 0.3) is 9.75 Å². The molecular formula is C14H19O3PS2. The highest BCUT2D eigenvalue weighted by Crippen LogP contribution is 2.36. The first-order valence-corrected chi connectivity index (χ1v) is 10.3. The van der Waals surface area contributed by atoms with Crippen molar-refractivity contribution in [3.05, 3.63) is 34.5 Å². The Morgan fingerprint density at radius 2 is 1.80 bits per heavy atom. The van der Waals surface area contributed by atoms with Gasteiger partial charge in [-0.1, -0.05) is 18.9 Å². The predicted molar refractivity (Wildman–Crippen MR) is 86.7 cm³/mol. The summed E-state index contributed by atoms with van der Waals surface area (Å²) in [4.78, 5) is 20.3. The summed E-state index contributed by atoms with van der Waals surface area (Å²) in [6.07, 6.45) is 4.68. The van der Waals surface area contributed by atoms with Crippen LogP contribution >= 0.6 is 30.3 Å². The van der Waals surface area contributed by atoms with Gasteiger partial charge in [0, 0.05) is 15.9 Å². The van der Waals surface area contributed by atoms with Gasteiger partial charge in [-0.25, -0.2) is 0 Å². The summed E-state index contributed by atoms with van der Waals surface area (Å²) in [6.45, 7) is 0. The van der Waals surface area contributed by atoms with Gasteiger partial charge in [0.2, 0.25) is 0 Å². The van der Waals surface area contributed by atoms with Gasteiger partial charge < -0.3 is 9.79 Å². The molecule has 0 spiro atoms. The smallest absolute Gasteiger partial charge is 0.324 e. The van der Waals surface area contributed by atoms with E-state index in [1.165, 1.54) is 15.3 Å². The van der Waals surface area contributed by atoms with E-state index in [1.54, 1.807) is 22.7 Å². The SMILES string of the molecule is O=P(O)(O)CCCCCCc1ccsc1-c1cccs1. The van der Waals surface area contributed by atoms with Crippen molar-refractivity contribution in [2.24, 2.45) is 0 Å². The number of rotatable bonds is 8. The Labute approximate surface area is 127 Å². The third-order valence-corrected chi connectivity index (χ3v) is 6.04. The van der Waals surface area contributed by atoms with Gasteiger partial charge in [-0.3, -0.25) is 4.57 Å². The Hall–Kier alpha value is -0.450. The van der Waals surface area contributed by atoms with E-state index in [4.69, 9.17) is 9.79 Å². The molecule has 0 bridgehead atoms. The molecule has 2 N–H and O–H groups in total. The molecule has 6 heteroatoms. The van der Waals surface area contributed by atoms with E-state index in [1.807, 2.05) is 0 Å². The van der Waals surface area contributed by atoms with Crippen molar-refractivity contribution in [3.63, 3.8) is 0 Å². The van der Waals surface area contributed by atoms with Crippen LogP contribution in [0.1, 0.15) is 31.2 Å². The van der Waals surface area contributed by atoms with E-state index in [2.05, 4.69) is 29.0 Å². The van der Waals surface area contributed by atoms with Crippen molar-refractivity contribution in [3.8, 4) is 9.75 Å². The second-order valence-electron chi connectivity index (χ2n) is 4.80. The zero-order valence-corrected chi connectivity index (χ0v) is 13.7. The van der Waals surface area contributed by atoms with Gasteiger partial charge >= 0.3 is 7.60 Å². The molecule has 3 nitrogen and oxygen atoms in total. The van der Waals surface area contributed by atoms with Crippen molar-refractivity contribution in [2.45, 2.75) is 32.1 Å². The summed E-state index contributed by atoms with van der Waals surface area (Å²) >= 11 is 3.56. The molecule has 0 radical (unpaired) electrons. The minimum Gasteiger partial charge on any atom is -0.324 e. The number of hydrogen-bond donors (Lipinski definition) is 2. The fraction of sp³-hybridized carbons (Fsp3) is 0.429. The van der Waals surface area contributed by atoms with E-state index >= 15 is 0 Å². The Balaban J connectivity index is 1.73. The third kappa shape index (κ3) is 5.15. The fourth-order valence-corrected chi connectivity index (χ4v) is 4.64. The summed E-state index contributed by atoms with van der Waals surface area (Å²) in [5, 5.41) is 4.24. The summed E-state index contributed by atoms with van der Waals surface area (Å²) in [6, 6.07) is 6.42. The summed E-state index contributed by atoms with van der Waals surface area (Å²) in [7, 11) is -3.80. The quantitative estimate of drug-likeness (QED) is 0.542. The van der Waals surface area contributed by atoms with Crippen LogP contribution in [0.15, 0.2) is 29.0 Å². The minimum atomic E-state index is -3.80. The van der Waals surface area contributed by atoms with Crippen LogP contribution in [-0.2, 0) is 11.0 Å². The fourth-order valence-electron chi connectivity index (χ4n) is 2.14. The molecule has 0 atom stereocenters. The molecule has 20 heavy (non-hydrogen) atoms. The zero-order valence-electron chi connectivity index (χ0n) is 11.2. The van der Waals surface area contributed by atoms with Crippen LogP contribution in [0.3, 0.4) is 0 Å². The van der Waals surface area contributed by atoms with Crippen molar-refractivity contribution < 1.29 is 14.4 Å². The Morgan fingerprint density at radius 3 is 2.50 bits per heavy atom. The molecule has 0 aliphatic heterocycles. The first kappa shape index (κ1) is 15.9. The number of unbranched alkanes of at least 4 members (excludes halogenated alkanes) is 3. The van der Waals surface area contributed by atoms with E-state index in [0.29, 0.717) is 6.42 Å². The molecule has 0 aromatic carbocycles. The predicted octanol–water partition coefficient (Wildman–Crippen LogP) is 4.76. The van der Waals surface area contributed by atoms with E-state index in [9.17, 15) is 4.57 Å². The van der Waals surface area contributed by atoms with Gasteiger partial charge in [0.25, 0.3) is 0 Å². The molecule has 0 saturated heterocycles. The van der Waals surface area contributed by atoms with Crippen molar-refractivity contribution in [1.29, 1.82) is 0 Å². The lowest BCUT2D eigenvalue weighted by Gasteiger charge is -2.04. The van der Waals surface area contributed by atoms with Crippen LogP contribution in [0.5, 0.6) is 0 Å². The molecule has 0 unspecified atom stereocenters. The molecule has 0 saturated carbocycles. The van der Waals surface area contributed by atoms with Gasteiger partial charge in [0.15, 0.2) is 0 Å². The van der Waals surface area contributed by atoms with Crippen molar-refractivity contribution >= 4 is 30.3 Å². The highest BCUT2D eigenvalue weighted by Gasteiger charge is 2.11. The maximum absolute atomic E-state index is 10.7. The standard InChI is InChI=1S/C14H19O3PS2/c15-18(16,17)9-4-2-1-3-6-12-8-11-20-14(12)13-7-5-10-19-13/h5,7-8,10-11H,1-4,6,9H2,(H2,15,16,17). The first-order valence-electron chi connectivity index (χ1n) is 6.71. The lowest BCUT2D eigenvalue weighted by Crippen LogP contribution is -1.90. The average Bonchev–Trinajstić information content (AvgIpc) is 3.02. The van der Waals surface area contributed by atoms with Gasteiger partial charge in [-0.2, -0.15) is 0 Å². The highest BCUT2D eigenvalue weighted by atomic mass is 32.1. The van der Waals surface area contributed by atoms with E-state index < -0.39 is 7.60 Å². The average molecular weight is 330 g/mol.